The second kappa shape index (κ2) is 5.83. The highest BCUT2D eigenvalue weighted by molar-refractivity contribution is 5.54. The second-order valence-corrected chi connectivity index (χ2v) is 5.55. The SMILES string of the molecule is CCc1ccc(OC)c(O)c1C1(CN)CCCCC1. The third-order valence-corrected chi connectivity index (χ3v) is 4.56. The van der Waals surface area contributed by atoms with E-state index >= 15 is 0 Å². The van der Waals surface area contributed by atoms with Crippen molar-refractivity contribution in [2.24, 2.45) is 5.73 Å². The van der Waals surface area contributed by atoms with E-state index in [1.807, 2.05) is 6.07 Å². The number of ether oxygens (including phenoxy) is 1. The predicted octanol–water partition coefficient (Wildman–Crippen LogP) is 3.12. The number of rotatable bonds is 4. The first-order valence-corrected chi connectivity index (χ1v) is 7.28. The Labute approximate surface area is 115 Å². The van der Waals surface area contributed by atoms with Crippen LogP contribution in [0, 0.1) is 0 Å². The molecular formula is C16H25NO2. The van der Waals surface area contributed by atoms with Gasteiger partial charge < -0.3 is 15.6 Å². The van der Waals surface area contributed by atoms with Gasteiger partial charge >= 0.3 is 0 Å². The van der Waals surface area contributed by atoms with Crippen molar-refractivity contribution in [3.05, 3.63) is 23.3 Å². The zero-order chi connectivity index (χ0) is 13.9. The summed E-state index contributed by atoms with van der Waals surface area (Å²) in [6, 6.07) is 3.92. The molecule has 0 spiro atoms. The van der Waals surface area contributed by atoms with Gasteiger partial charge in [-0.05, 0) is 30.9 Å². The minimum absolute atomic E-state index is 0.0672. The quantitative estimate of drug-likeness (QED) is 0.877. The molecule has 0 unspecified atom stereocenters. The van der Waals surface area contributed by atoms with Crippen molar-refractivity contribution in [1.29, 1.82) is 0 Å². The molecule has 3 heteroatoms. The van der Waals surface area contributed by atoms with Gasteiger partial charge in [0.2, 0.25) is 0 Å². The number of nitrogens with two attached hydrogens (primary N) is 1. The lowest BCUT2D eigenvalue weighted by Gasteiger charge is -2.38. The van der Waals surface area contributed by atoms with Gasteiger partial charge in [0.15, 0.2) is 11.5 Å². The fourth-order valence-electron chi connectivity index (χ4n) is 3.45. The molecule has 1 fully saturated rings. The molecule has 0 bridgehead atoms. The van der Waals surface area contributed by atoms with Crippen LogP contribution in [-0.4, -0.2) is 18.8 Å². The number of aryl methyl sites for hydroxylation is 1. The van der Waals surface area contributed by atoms with Crippen LogP contribution in [0.3, 0.4) is 0 Å². The summed E-state index contributed by atoms with van der Waals surface area (Å²) in [7, 11) is 1.60. The van der Waals surface area contributed by atoms with E-state index in [-0.39, 0.29) is 5.41 Å². The fraction of sp³-hybridized carbons (Fsp3) is 0.625. The first-order valence-electron chi connectivity index (χ1n) is 7.28. The minimum atomic E-state index is -0.0672. The molecule has 0 amide bonds. The summed E-state index contributed by atoms with van der Waals surface area (Å²) in [4.78, 5) is 0. The van der Waals surface area contributed by atoms with Crippen LogP contribution in [0.4, 0.5) is 0 Å². The van der Waals surface area contributed by atoms with Crippen molar-refractivity contribution in [3.8, 4) is 11.5 Å². The molecule has 19 heavy (non-hydrogen) atoms. The number of phenols is 1. The van der Waals surface area contributed by atoms with Crippen LogP contribution in [0.1, 0.15) is 50.2 Å². The van der Waals surface area contributed by atoms with Gasteiger partial charge in [-0.3, -0.25) is 0 Å². The standard InChI is InChI=1S/C16H25NO2/c1-3-12-7-8-13(19-2)15(18)14(12)16(11-17)9-5-4-6-10-16/h7-8,18H,3-6,9-11,17H2,1-2H3. The zero-order valence-electron chi connectivity index (χ0n) is 12.0. The average Bonchev–Trinajstić information content (AvgIpc) is 2.47. The van der Waals surface area contributed by atoms with E-state index in [1.165, 1.54) is 24.8 Å². The Morgan fingerprint density at radius 2 is 1.95 bits per heavy atom. The number of aromatic hydroxyl groups is 1. The molecule has 0 aromatic heterocycles. The molecule has 2 rings (SSSR count). The highest BCUT2D eigenvalue weighted by Gasteiger charge is 2.37. The Morgan fingerprint density at radius 1 is 1.26 bits per heavy atom. The fourth-order valence-corrected chi connectivity index (χ4v) is 3.45. The summed E-state index contributed by atoms with van der Waals surface area (Å²) >= 11 is 0. The van der Waals surface area contributed by atoms with E-state index in [2.05, 4.69) is 13.0 Å². The molecule has 1 saturated carbocycles. The van der Waals surface area contributed by atoms with Crippen LogP contribution in [0.15, 0.2) is 12.1 Å². The largest absolute Gasteiger partial charge is 0.504 e. The van der Waals surface area contributed by atoms with Crippen LogP contribution < -0.4 is 10.5 Å². The number of phenolic OH excluding ortho intramolecular Hbond substituents is 1. The monoisotopic (exact) mass is 263 g/mol. The van der Waals surface area contributed by atoms with Crippen LogP contribution in [0.2, 0.25) is 0 Å². The van der Waals surface area contributed by atoms with Gasteiger partial charge in [0, 0.05) is 17.5 Å². The zero-order valence-corrected chi connectivity index (χ0v) is 12.0. The summed E-state index contributed by atoms with van der Waals surface area (Å²) < 4.78 is 5.27. The molecule has 1 aliphatic carbocycles. The van der Waals surface area contributed by atoms with Gasteiger partial charge in [-0.25, -0.2) is 0 Å². The topological polar surface area (TPSA) is 55.5 Å². The number of hydrogen-bond acceptors (Lipinski definition) is 3. The maximum atomic E-state index is 10.6. The van der Waals surface area contributed by atoms with Crippen molar-refractivity contribution >= 4 is 0 Å². The van der Waals surface area contributed by atoms with Gasteiger partial charge in [-0.1, -0.05) is 32.3 Å². The van der Waals surface area contributed by atoms with Crippen LogP contribution in [-0.2, 0) is 11.8 Å². The third kappa shape index (κ3) is 2.44. The molecule has 3 N–H and O–H groups in total. The minimum Gasteiger partial charge on any atom is -0.504 e. The lowest BCUT2D eigenvalue weighted by Crippen LogP contribution is -2.38. The Hall–Kier alpha value is -1.22. The van der Waals surface area contributed by atoms with Crippen LogP contribution >= 0.6 is 0 Å². The van der Waals surface area contributed by atoms with Crippen molar-refractivity contribution in [3.63, 3.8) is 0 Å². The lowest BCUT2D eigenvalue weighted by molar-refractivity contribution is 0.283. The van der Waals surface area contributed by atoms with Gasteiger partial charge in [-0.2, -0.15) is 0 Å². The number of methoxy groups -OCH3 is 1. The Kier molecular flexibility index (Phi) is 4.35. The average molecular weight is 263 g/mol. The van der Waals surface area contributed by atoms with Gasteiger partial charge in [-0.15, -0.1) is 0 Å². The molecule has 0 saturated heterocycles. The summed E-state index contributed by atoms with van der Waals surface area (Å²) in [5.41, 5.74) is 8.27. The predicted molar refractivity (Wildman–Crippen MR) is 77.9 cm³/mol. The smallest absolute Gasteiger partial charge is 0.161 e. The first kappa shape index (κ1) is 14.2. The molecule has 1 aromatic carbocycles. The van der Waals surface area contributed by atoms with Crippen LogP contribution in [0.5, 0.6) is 11.5 Å². The molecule has 0 radical (unpaired) electrons. The van der Waals surface area contributed by atoms with Crippen molar-refractivity contribution in [2.75, 3.05) is 13.7 Å². The molecule has 1 aromatic rings. The maximum Gasteiger partial charge on any atom is 0.161 e. The molecule has 0 aliphatic heterocycles. The Balaban J connectivity index is 2.57. The second-order valence-electron chi connectivity index (χ2n) is 5.55. The normalized spacial score (nSPS) is 18.3. The molecular weight excluding hydrogens is 238 g/mol. The van der Waals surface area contributed by atoms with E-state index < -0.39 is 0 Å². The first-order chi connectivity index (χ1) is 9.18. The third-order valence-electron chi connectivity index (χ3n) is 4.56. The van der Waals surface area contributed by atoms with E-state index in [0.29, 0.717) is 18.0 Å². The molecule has 1 aliphatic rings. The molecule has 3 nitrogen and oxygen atoms in total. The van der Waals surface area contributed by atoms with Crippen molar-refractivity contribution in [2.45, 2.75) is 50.9 Å². The number of hydrogen-bond donors (Lipinski definition) is 2. The van der Waals surface area contributed by atoms with Gasteiger partial charge in [0.05, 0.1) is 7.11 Å². The van der Waals surface area contributed by atoms with Crippen molar-refractivity contribution in [1.82, 2.24) is 0 Å². The van der Waals surface area contributed by atoms with Crippen molar-refractivity contribution < 1.29 is 9.84 Å². The highest BCUT2D eigenvalue weighted by atomic mass is 16.5. The molecule has 0 heterocycles. The Bertz CT molecular complexity index is 437. The van der Waals surface area contributed by atoms with E-state index in [9.17, 15) is 5.11 Å². The maximum absolute atomic E-state index is 10.6. The summed E-state index contributed by atoms with van der Waals surface area (Å²) in [5.74, 6) is 0.861. The van der Waals surface area contributed by atoms with Gasteiger partial charge in [0.1, 0.15) is 0 Å². The molecule has 0 atom stereocenters. The number of benzene rings is 1. The van der Waals surface area contributed by atoms with E-state index in [4.69, 9.17) is 10.5 Å². The summed E-state index contributed by atoms with van der Waals surface area (Å²) in [6.07, 6.45) is 6.70. The highest BCUT2D eigenvalue weighted by Crippen LogP contribution is 2.47. The lowest BCUT2D eigenvalue weighted by atomic mass is 9.67. The van der Waals surface area contributed by atoms with Crippen LogP contribution in [0.25, 0.3) is 0 Å². The molecule has 106 valence electrons. The Morgan fingerprint density at radius 3 is 2.47 bits per heavy atom. The van der Waals surface area contributed by atoms with E-state index in [1.54, 1.807) is 7.11 Å². The van der Waals surface area contributed by atoms with E-state index in [0.717, 1.165) is 24.8 Å². The summed E-state index contributed by atoms with van der Waals surface area (Å²) in [6.45, 7) is 2.72. The van der Waals surface area contributed by atoms with Gasteiger partial charge in [0.25, 0.3) is 0 Å². The summed E-state index contributed by atoms with van der Waals surface area (Å²) in [5, 5.41) is 10.6.